The molecule has 2 N–H and O–H groups in total. The SMILES string of the molecule is COc1ccc(N2C=CNN2)cc1. The summed E-state index contributed by atoms with van der Waals surface area (Å²) >= 11 is 0. The lowest BCUT2D eigenvalue weighted by Gasteiger charge is -2.15. The van der Waals surface area contributed by atoms with Crippen LogP contribution in [0.4, 0.5) is 5.69 Å². The molecule has 0 fully saturated rings. The van der Waals surface area contributed by atoms with Crippen molar-refractivity contribution in [3.63, 3.8) is 0 Å². The quantitative estimate of drug-likeness (QED) is 0.706. The van der Waals surface area contributed by atoms with E-state index in [1.165, 1.54) is 0 Å². The second kappa shape index (κ2) is 3.37. The molecule has 0 aromatic heterocycles. The molecule has 2 rings (SSSR count). The van der Waals surface area contributed by atoms with Gasteiger partial charge in [-0.2, -0.15) is 0 Å². The van der Waals surface area contributed by atoms with Gasteiger partial charge in [0.05, 0.1) is 12.8 Å². The zero-order valence-corrected chi connectivity index (χ0v) is 7.32. The zero-order chi connectivity index (χ0) is 9.10. The monoisotopic (exact) mass is 177 g/mol. The largest absolute Gasteiger partial charge is 0.497 e. The van der Waals surface area contributed by atoms with Crippen molar-refractivity contribution in [2.24, 2.45) is 0 Å². The first kappa shape index (κ1) is 7.94. The first-order valence-corrected chi connectivity index (χ1v) is 4.01. The fourth-order valence-corrected chi connectivity index (χ4v) is 1.15. The van der Waals surface area contributed by atoms with Crippen LogP contribution < -0.4 is 20.7 Å². The molecule has 1 aromatic rings. The average Bonchev–Trinajstić information content (AvgIpc) is 2.71. The smallest absolute Gasteiger partial charge is 0.119 e. The van der Waals surface area contributed by atoms with E-state index in [1.807, 2.05) is 41.7 Å². The summed E-state index contributed by atoms with van der Waals surface area (Å²) in [5.74, 6) is 0.861. The highest BCUT2D eigenvalue weighted by Crippen LogP contribution is 2.18. The Labute approximate surface area is 76.7 Å². The van der Waals surface area contributed by atoms with Gasteiger partial charge in [0.15, 0.2) is 0 Å². The molecular formula is C9H11N3O. The summed E-state index contributed by atoms with van der Waals surface area (Å²) in [6.07, 6.45) is 3.73. The molecule has 0 spiro atoms. The predicted molar refractivity (Wildman–Crippen MR) is 50.9 cm³/mol. The molecule has 68 valence electrons. The van der Waals surface area contributed by atoms with Crippen molar-refractivity contribution in [3.05, 3.63) is 36.7 Å². The van der Waals surface area contributed by atoms with Gasteiger partial charge in [-0.1, -0.05) is 0 Å². The number of benzene rings is 1. The second-order valence-electron chi connectivity index (χ2n) is 2.64. The van der Waals surface area contributed by atoms with E-state index in [1.54, 1.807) is 7.11 Å². The van der Waals surface area contributed by atoms with Crippen LogP contribution in [-0.2, 0) is 0 Å². The van der Waals surface area contributed by atoms with Crippen LogP contribution >= 0.6 is 0 Å². The van der Waals surface area contributed by atoms with Gasteiger partial charge in [0.25, 0.3) is 0 Å². The molecule has 1 aliphatic heterocycles. The topological polar surface area (TPSA) is 36.5 Å². The molecule has 0 aliphatic carbocycles. The zero-order valence-electron chi connectivity index (χ0n) is 7.32. The molecule has 0 saturated heterocycles. The van der Waals surface area contributed by atoms with E-state index < -0.39 is 0 Å². The molecule has 1 heterocycles. The van der Waals surface area contributed by atoms with Crippen molar-refractivity contribution in [2.75, 3.05) is 12.1 Å². The number of hydrogen-bond donors (Lipinski definition) is 2. The maximum absolute atomic E-state index is 5.06. The van der Waals surface area contributed by atoms with Crippen LogP contribution in [0.2, 0.25) is 0 Å². The Balaban J connectivity index is 2.17. The molecule has 0 radical (unpaired) electrons. The summed E-state index contributed by atoms with van der Waals surface area (Å²) in [7, 11) is 1.66. The summed E-state index contributed by atoms with van der Waals surface area (Å²) in [5, 5.41) is 1.87. The Morgan fingerprint density at radius 1 is 1.23 bits per heavy atom. The van der Waals surface area contributed by atoms with Crippen molar-refractivity contribution < 1.29 is 4.74 Å². The second-order valence-corrected chi connectivity index (χ2v) is 2.64. The van der Waals surface area contributed by atoms with Gasteiger partial charge in [0, 0.05) is 12.4 Å². The summed E-state index contributed by atoms with van der Waals surface area (Å²) < 4.78 is 5.06. The lowest BCUT2D eigenvalue weighted by atomic mass is 10.3. The lowest BCUT2D eigenvalue weighted by molar-refractivity contribution is 0.415. The van der Waals surface area contributed by atoms with Gasteiger partial charge in [0.1, 0.15) is 5.75 Å². The van der Waals surface area contributed by atoms with E-state index >= 15 is 0 Å². The number of methoxy groups -OCH3 is 1. The van der Waals surface area contributed by atoms with Crippen molar-refractivity contribution in [1.29, 1.82) is 0 Å². The normalized spacial score (nSPS) is 14.4. The molecule has 4 nitrogen and oxygen atoms in total. The van der Waals surface area contributed by atoms with E-state index in [4.69, 9.17) is 4.74 Å². The number of nitrogens with zero attached hydrogens (tertiary/aromatic N) is 1. The average molecular weight is 177 g/mol. The predicted octanol–water partition coefficient (Wildman–Crippen LogP) is 0.996. The van der Waals surface area contributed by atoms with Crippen LogP contribution in [0, 0.1) is 0 Å². The molecule has 0 saturated carbocycles. The van der Waals surface area contributed by atoms with Crippen LogP contribution in [0.3, 0.4) is 0 Å². The van der Waals surface area contributed by atoms with Gasteiger partial charge in [-0.3, -0.25) is 5.01 Å². The molecule has 0 bridgehead atoms. The number of nitrogens with one attached hydrogen (secondary N) is 2. The number of ether oxygens (including phenoxy) is 1. The molecule has 1 aliphatic rings. The minimum atomic E-state index is 0.861. The van der Waals surface area contributed by atoms with Crippen molar-refractivity contribution in [1.82, 2.24) is 11.0 Å². The van der Waals surface area contributed by atoms with Crippen molar-refractivity contribution in [3.8, 4) is 5.75 Å². The highest BCUT2D eigenvalue weighted by Gasteiger charge is 2.04. The fourth-order valence-electron chi connectivity index (χ4n) is 1.15. The Bertz CT molecular complexity index is 307. The van der Waals surface area contributed by atoms with Gasteiger partial charge < -0.3 is 10.2 Å². The van der Waals surface area contributed by atoms with Crippen LogP contribution in [0.25, 0.3) is 0 Å². The first-order chi connectivity index (χ1) is 6.40. The van der Waals surface area contributed by atoms with Gasteiger partial charge in [-0.05, 0) is 24.3 Å². The standard InChI is InChI=1S/C9H11N3O/c1-13-9-4-2-8(3-5-9)12-7-6-10-11-12/h2-7,10-11H,1H3. The molecule has 1 aromatic carbocycles. The van der Waals surface area contributed by atoms with Gasteiger partial charge in [-0.25, -0.2) is 0 Å². The number of anilines is 1. The fraction of sp³-hybridized carbons (Fsp3) is 0.111. The van der Waals surface area contributed by atoms with E-state index in [2.05, 4.69) is 11.0 Å². The summed E-state index contributed by atoms with van der Waals surface area (Å²) in [4.78, 5) is 0. The van der Waals surface area contributed by atoms with E-state index in [-0.39, 0.29) is 0 Å². The van der Waals surface area contributed by atoms with Gasteiger partial charge >= 0.3 is 0 Å². The summed E-state index contributed by atoms with van der Waals surface area (Å²) in [6.45, 7) is 0. The van der Waals surface area contributed by atoms with Crippen molar-refractivity contribution in [2.45, 2.75) is 0 Å². The van der Waals surface area contributed by atoms with Crippen molar-refractivity contribution >= 4 is 5.69 Å². The van der Waals surface area contributed by atoms with Crippen LogP contribution in [-0.4, -0.2) is 7.11 Å². The highest BCUT2D eigenvalue weighted by molar-refractivity contribution is 5.50. The molecule has 0 amide bonds. The van der Waals surface area contributed by atoms with Crippen LogP contribution in [0.5, 0.6) is 5.75 Å². The Hall–Kier alpha value is -1.68. The Morgan fingerprint density at radius 3 is 2.54 bits per heavy atom. The highest BCUT2D eigenvalue weighted by atomic mass is 16.5. The third kappa shape index (κ3) is 1.57. The van der Waals surface area contributed by atoms with Gasteiger partial charge in [0.2, 0.25) is 0 Å². The molecular weight excluding hydrogens is 166 g/mol. The first-order valence-electron chi connectivity index (χ1n) is 4.01. The minimum Gasteiger partial charge on any atom is -0.497 e. The van der Waals surface area contributed by atoms with Gasteiger partial charge in [-0.15, -0.1) is 5.53 Å². The van der Waals surface area contributed by atoms with E-state index in [9.17, 15) is 0 Å². The number of hydrogen-bond acceptors (Lipinski definition) is 4. The van der Waals surface area contributed by atoms with E-state index in [0.29, 0.717) is 0 Å². The molecule has 13 heavy (non-hydrogen) atoms. The van der Waals surface area contributed by atoms with E-state index in [0.717, 1.165) is 11.4 Å². The molecule has 0 atom stereocenters. The van der Waals surface area contributed by atoms with Crippen LogP contribution in [0.15, 0.2) is 36.7 Å². The third-order valence-electron chi connectivity index (χ3n) is 1.84. The number of rotatable bonds is 2. The molecule has 4 heteroatoms. The third-order valence-corrected chi connectivity index (χ3v) is 1.84. The maximum Gasteiger partial charge on any atom is 0.119 e. The maximum atomic E-state index is 5.06. The molecule has 0 unspecified atom stereocenters. The summed E-state index contributed by atoms with van der Waals surface area (Å²) in [5.41, 5.74) is 6.86. The summed E-state index contributed by atoms with van der Waals surface area (Å²) in [6, 6.07) is 7.79. The van der Waals surface area contributed by atoms with Crippen LogP contribution in [0.1, 0.15) is 0 Å². The Morgan fingerprint density at radius 2 is 2.00 bits per heavy atom. The Kier molecular flexibility index (Phi) is 2.06. The number of hydrazine groups is 2. The minimum absolute atomic E-state index is 0.861. The lowest BCUT2D eigenvalue weighted by Crippen LogP contribution is -2.35.